The number of anilines is 2. The first-order valence-electron chi connectivity index (χ1n) is 10.6. The van der Waals surface area contributed by atoms with Gasteiger partial charge < -0.3 is 10.2 Å². The van der Waals surface area contributed by atoms with E-state index < -0.39 is 5.82 Å². The molecule has 0 spiro atoms. The number of carbonyl (C=O) groups excluding carboxylic acids is 1. The average Bonchev–Trinajstić information content (AvgIpc) is 3.22. The van der Waals surface area contributed by atoms with Gasteiger partial charge in [-0.1, -0.05) is 41.9 Å². The summed E-state index contributed by atoms with van der Waals surface area (Å²) in [5, 5.41) is 7.73. The molecular weight excluding hydrogens is 509 g/mol. The van der Waals surface area contributed by atoms with Crippen LogP contribution < -0.4 is 5.32 Å². The molecule has 0 unspecified atom stereocenters. The van der Waals surface area contributed by atoms with Crippen LogP contribution in [0.1, 0.15) is 34.7 Å². The van der Waals surface area contributed by atoms with Crippen LogP contribution in [0.3, 0.4) is 0 Å². The molecule has 0 bridgehead atoms. The Morgan fingerprint density at radius 1 is 1.12 bits per heavy atom. The summed E-state index contributed by atoms with van der Waals surface area (Å²) >= 11 is 9.67. The van der Waals surface area contributed by atoms with E-state index in [2.05, 4.69) is 55.6 Å². The summed E-state index contributed by atoms with van der Waals surface area (Å²) in [4.78, 5) is 19.8. The predicted octanol–water partition coefficient (Wildman–Crippen LogP) is 6.05. The lowest BCUT2D eigenvalue weighted by atomic mass is 9.89. The summed E-state index contributed by atoms with van der Waals surface area (Å²) in [7, 11) is 0. The lowest BCUT2D eigenvalue weighted by molar-refractivity contribution is 0.0713. The van der Waals surface area contributed by atoms with Crippen molar-refractivity contribution in [3.05, 3.63) is 87.4 Å². The van der Waals surface area contributed by atoms with Crippen LogP contribution in [-0.2, 0) is 0 Å². The first-order chi connectivity index (χ1) is 16.0. The number of piperidine rings is 1. The number of fused-ring (bicyclic) bond motifs is 1. The topological polar surface area (TPSA) is 62.5 Å². The fourth-order valence-electron chi connectivity index (χ4n) is 4.21. The number of nitrogens with zero attached hydrogens (tertiary/aromatic N) is 4. The molecule has 6 nitrogen and oxygen atoms in total. The molecule has 1 amide bonds. The summed E-state index contributed by atoms with van der Waals surface area (Å²) < 4.78 is 15.8. The third kappa shape index (κ3) is 4.32. The second-order valence-corrected chi connectivity index (χ2v) is 9.24. The summed E-state index contributed by atoms with van der Waals surface area (Å²) in [6, 6.07) is 14.5. The van der Waals surface area contributed by atoms with Crippen molar-refractivity contribution >= 4 is 50.6 Å². The molecule has 0 saturated carbocycles. The molecule has 0 aliphatic carbocycles. The van der Waals surface area contributed by atoms with E-state index in [1.54, 1.807) is 16.9 Å². The van der Waals surface area contributed by atoms with Crippen LogP contribution in [-0.4, -0.2) is 38.5 Å². The Morgan fingerprint density at radius 2 is 1.88 bits per heavy atom. The Hall–Kier alpha value is -2.97. The van der Waals surface area contributed by atoms with Gasteiger partial charge in [0.05, 0.1) is 21.4 Å². The molecule has 1 saturated heterocycles. The van der Waals surface area contributed by atoms with Gasteiger partial charge in [0, 0.05) is 19.3 Å². The van der Waals surface area contributed by atoms with Crippen molar-refractivity contribution < 1.29 is 9.18 Å². The maximum absolute atomic E-state index is 13.5. The van der Waals surface area contributed by atoms with Gasteiger partial charge in [-0.15, -0.1) is 0 Å². The average molecular weight is 529 g/mol. The van der Waals surface area contributed by atoms with E-state index in [0.717, 1.165) is 12.8 Å². The zero-order valence-corrected chi connectivity index (χ0v) is 19.9. The second kappa shape index (κ2) is 9.11. The standard InChI is InChI=1S/C24H20BrClFN5O/c25-19-14-29-32-22(30-21-7-6-17(27)12-20(21)26)18(13-28-23(19)32)24(33)31-10-8-16(9-11-31)15-4-2-1-3-5-15/h1-7,12-14,16,30H,8-11H2. The molecule has 2 aromatic carbocycles. The summed E-state index contributed by atoms with van der Waals surface area (Å²) in [5.41, 5.74) is 2.70. The van der Waals surface area contributed by atoms with E-state index in [4.69, 9.17) is 11.6 Å². The SMILES string of the molecule is O=C(c1cnc2c(Br)cnn2c1Nc1ccc(F)cc1Cl)N1CCC(c2ccccc2)CC1. The van der Waals surface area contributed by atoms with Crippen LogP contribution in [0, 0.1) is 5.82 Å². The number of halogens is 3. The highest BCUT2D eigenvalue weighted by Gasteiger charge is 2.28. The first-order valence-corrected chi connectivity index (χ1v) is 11.8. The van der Waals surface area contributed by atoms with E-state index in [1.165, 1.54) is 23.8 Å². The largest absolute Gasteiger partial charge is 0.338 e. The molecule has 5 rings (SSSR count). The van der Waals surface area contributed by atoms with Crippen molar-refractivity contribution in [2.24, 2.45) is 0 Å². The van der Waals surface area contributed by atoms with Crippen molar-refractivity contribution in [1.82, 2.24) is 19.5 Å². The van der Waals surface area contributed by atoms with Crippen molar-refractivity contribution in [2.45, 2.75) is 18.8 Å². The van der Waals surface area contributed by atoms with Gasteiger partial charge in [0.2, 0.25) is 0 Å². The number of amides is 1. The van der Waals surface area contributed by atoms with Gasteiger partial charge in [-0.25, -0.2) is 9.37 Å². The van der Waals surface area contributed by atoms with E-state index >= 15 is 0 Å². The Kier molecular flexibility index (Phi) is 6.03. The predicted molar refractivity (Wildman–Crippen MR) is 130 cm³/mol. The van der Waals surface area contributed by atoms with E-state index in [-0.39, 0.29) is 10.9 Å². The van der Waals surface area contributed by atoms with Gasteiger partial charge in [0.25, 0.3) is 5.91 Å². The maximum atomic E-state index is 13.5. The van der Waals surface area contributed by atoms with E-state index in [1.807, 2.05) is 11.0 Å². The fraction of sp³-hybridized carbons (Fsp3) is 0.208. The number of hydrogen-bond donors (Lipinski definition) is 1. The maximum Gasteiger partial charge on any atom is 0.259 e. The quantitative estimate of drug-likeness (QED) is 0.350. The molecule has 3 heterocycles. The zero-order chi connectivity index (χ0) is 22.9. The fourth-order valence-corrected chi connectivity index (χ4v) is 4.79. The summed E-state index contributed by atoms with van der Waals surface area (Å²) in [6.07, 6.45) is 4.95. The Labute approximate surface area is 203 Å². The van der Waals surface area contributed by atoms with Crippen molar-refractivity contribution in [3.63, 3.8) is 0 Å². The van der Waals surface area contributed by atoms with Crippen LogP contribution in [0.4, 0.5) is 15.9 Å². The van der Waals surface area contributed by atoms with Crippen LogP contribution in [0.2, 0.25) is 5.02 Å². The number of likely N-dealkylation sites (tertiary alicyclic amines) is 1. The van der Waals surface area contributed by atoms with E-state index in [9.17, 15) is 9.18 Å². The third-order valence-electron chi connectivity index (χ3n) is 5.95. The number of carbonyl (C=O) groups is 1. The second-order valence-electron chi connectivity index (χ2n) is 7.97. The monoisotopic (exact) mass is 527 g/mol. The lowest BCUT2D eigenvalue weighted by Gasteiger charge is -2.32. The number of benzene rings is 2. The minimum absolute atomic E-state index is 0.136. The highest BCUT2D eigenvalue weighted by Crippen LogP contribution is 2.32. The molecule has 9 heteroatoms. The molecule has 2 aromatic heterocycles. The van der Waals surface area contributed by atoms with Crippen LogP contribution in [0.15, 0.2) is 65.4 Å². The molecule has 4 aromatic rings. The van der Waals surface area contributed by atoms with Gasteiger partial charge in [0.15, 0.2) is 5.65 Å². The van der Waals surface area contributed by atoms with Gasteiger partial charge in [-0.3, -0.25) is 4.79 Å². The van der Waals surface area contributed by atoms with Gasteiger partial charge >= 0.3 is 0 Å². The first kappa shape index (κ1) is 21.9. The van der Waals surface area contributed by atoms with Crippen LogP contribution >= 0.6 is 27.5 Å². The lowest BCUT2D eigenvalue weighted by Crippen LogP contribution is -2.38. The van der Waals surface area contributed by atoms with Gasteiger partial charge in [0.1, 0.15) is 17.2 Å². The molecule has 33 heavy (non-hydrogen) atoms. The molecule has 1 N–H and O–H groups in total. The summed E-state index contributed by atoms with van der Waals surface area (Å²) in [5.74, 6) is 0.288. The number of nitrogens with one attached hydrogen (secondary N) is 1. The Balaban J connectivity index is 1.45. The van der Waals surface area contributed by atoms with Crippen molar-refractivity contribution in [1.29, 1.82) is 0 Å². The third-order valence-corrected chi connectivity index (χ3v) is 6.82. The number of hydrogen-bond acceptors (Lipinski definition) is 4. The smallest absolute Gasteiger partial charge is 0.259 e. The molecule has 1 fully saturated rings. The van der Waals surface area contributed by atoms with Crippen molar-refractivity contribution in [2.75, 3.05) is 18.4 Å². The minimum Gasteiger partial charge on any atom is -0.338 e. The zero-order valence-electron chi connectivity index (χ0n) is 17.5. The molecule has 0 radical (unpaired) electrons. The van der Waals surface area contributed by atoms with Crippen LogP contribution in [0.5, 0.6) is 0 Å². The number of aromatic nitrogens is 3. The highest BCUT2D eigenvalue weighted by molar-refractivity contribution is 9.10. The Morgan fingerprint density at radius 3 is 2.61 bits per heavy atom. The van der Waals surface area contributed by atoms with Gasteiger partial charge in [-0.05, 0) is 58.5 Å². The van der Waals surface area contributed by atoms with E-state index in [0.29, 0.717) is 46.2 Å². The molecule has 168 valence electrons. The summed E-state index contributed by atoms with van der Waals surface area (Å²) in [6.45, 7) is 1.30. The van der Waals surface area contributed by atoms with Crippen molar-refractivity contribution in [3.8, 4) is 0 Å². The molecular formula is C24H20BrClFN5O. The minimum atomic E-state index is -0.440. The molecule has 1 aliphatic heterocycles. The molecule has 1 aliphatic rings. The Bertz CT molecular complexity index is 1320. The highest BCUT2D eigenvalue weighted by atomic mass is 79.9. The van der Waals surface area contributed by atoms with Gasteiger partial charge in [-0.2, -0.15) is 9.61 Å². The molecule has 0 atom stereocenters. The number of rotatable bonds is 4. The van der Waals surface area contributed by atoms with Crippen LogP contribution in [0.25, 0.3) is 5.65 Å². The normalized spacial score (nSPS) is 14.6.